The van der Waals surface area contributed by atoms with E-state index in [0.717, 1.165) is 11.1 Å². The molecule has 0 radical (unpaired) electrons. The summed E-state index contributed by atoms with van der Waals surface area (Å²) in [6, 6.07) is 19.2. The van der Waals surface area contributed by atoms with E-state index in [1.807, 2.05) is 60.7 Å². The molecule has 31 heavy (non-hydrogen) atoms. The molecule has 6 heteroatoms. The second-order valence-corrected chi connectivity index (χ2v) is 8.45. The number of esters is 1. The highest BCUT2D eigenvalue weighted by molar-refractivity contribution is 5.77. The molecule has 0 aromatic heterocycles. The third-order valence-electron chi connectivity index (χ3n) is 5.85. The van der Waals surface area contributed by atoms with Crippen molar-refractivity contribution in [3.8, 4) is 0 Å². The molecule has 1 aliphatic carbocycles. The van der Waals surface area contributed by atoms with Gasteiger partial charge in [-0.1, -0.05) is 74.5 Å². The highest BCUT2D eigenvalue weighted by atomic mass is 16.6. The smallest absolute Gasteiger partial charge is 0.323 e. The summed E-state index contributed by atoms with van der Waals surface area (Å²) in [5.74, 6) is 0.447. The van der Waals surface area contributed by atoms with Crippen LogP contribution in [0.3, 0.4) is 0 Å². The topological polar surface area (TPSA) is 76.7 Å². The maximum atomic E-state index is 12.4. The lowest BCUT2D eigenvalue weighted by atomic mass is 10.0. The molecule has 0 saturated heterocycles. The highest BCUT2D eigenvalue weighted by Crippen LogP contribution is 2.47. The summed E-state index contributed by atoms with van der Waals surface area (Å²) in [6.45, 7) is 4.62. The minimum Gasteiger partial charge on any atom is -0.468 e. The Morgan fingerprint density at radius 3 is 2.16 bits per heavy atom. The summed E-state index contributed by atoms with van der Waals surface area (Å²) in [6.07, 6.45) is 0.905. The molecule has 1 amide bonds. The van der Waals surface area contributed by atoms with Crippen LogP contribution in [-0.2, 0) is 32.2 Å². The Bertz CT molecular complexity index is 841. The van der Waals surface area contributed by atoms with Gasteiger partial charge in [-0.2, -0.15) is 0 Å². The van der Waals surface area contributed by atoms with Crippen LogP contribution in [0, 0.1) is 17.8 Å². The van der Waals surface area contributed by atoms with Crippen molar-refractivity contribution in [1.29, 1.82) is 0 Å². The zero-order valence-corrected chi connectivity index (χ0v) is 18.4. The number of carbonyl (C=O) groups excluding carboxylic acids is 2. The van der Waals surface area contributed by atoms with Crippen molar-refractivity contribution in [1.82, 2.24) is 10.8 Å². The van der Waals surface area contributed by atoms with Crippen LogP contribution in [0.25, 0.3) is 0 Å². The minimum absolute atomic E-state index is 0.0904. The van der Waals surface area contributed by atoms with E-state index in [0.29, 0.717) is 31.3 Å². The normalized spacial score (nSPS) is 20.8. The lowest BCUT2D eigenvalue weighted by molar-refractivity contribution is -0.143. The second-order valence-electron chi connectivity index (χ2n) is 8.45. The van der Waals surface area contributed by atoms with E-state index in [1.165, 1.54) is 7.11 Å². The van der Waals surface area contributed by atoms with Gasteiger partial charge in [0.15, 0.2) is 0 Å². The van der Waals surface area contributed by atoms with Gasteiger partial charge in [-0.25, -0.2) is 5.48 Å². The van der Waals surface area contributed by atoms with Gasteiger partial charge in [0.05, 0.1) is 13.7 Å². The van der Waals surface area contributed by atoms with Gasteiger partial charge in [-0.05, 0) is 35.3 Å². The van der Waals surface area contributed by atoms with Gasteiger partial charge in [0.1, 0.15) is 6.04 Å². The minimum atomic E-state index is -0.443. The predicted molar refractivity (Wildman–Crippen MR) is 119 cm³/mol. The van der Waals surface area contributed by atoms with Gasteiger partial charge in [-0.15, -0.1) is 0 Å². The fraction of sp³-hybridized carbons (Fsp3) is 0.440. The van der Waals surface area contributed by atoms with E-state index >= 15 is 0 Å². The quantitative estimate of drug-likeness (QED) is 0.428. The molecule has 0 heterocycles. The van der Waals surface area contributed by atoms with Gasteiger partial charge in [0.2, 0.25) is 5.91 Å². The van der Waals surface area contributed by atoms with Gasteiger partial charge < -0.3 is 10.1 Å². The number of ether oxygens (including phenoxy) is 1. The first-order chi connectivity index (χ1) is 15.0. The molecule has 2 aromatic rings. The van der Waals surface area contributed by atoms with E-state index in [9.17, 15) is 9.59 Å². The Morgan fingerprint density at radius 1 is 0.968 bits per heavy atom. The number of carbonyl (C=O) groups is 2. The zero-order chi connectivity index (χ0) is 22.2. The molecule has 2 aromatic carbocycles. The molecule has 1 saturated carbocycles. The molecular formula is C25H32N2O4. The number of hydroxylamine groups is 1. The van der Waals surface area contributed by atoms with Gasteiger partial charge in [0, 0.05) is 12.5 Å². The van der Waals surface area contributed by atoms with Gasteiger partial charge in [0.25, 0.3) is 0 Å². The number of methoxy groups -OCH3 is 1. The Kier molecular flexibility index (Phi) is 8.20. The molecule has 0 aliphatic heterocycles. The van der Waals surface area contributed by atoms with Crippen molar-refractivity contribution in [3.05, 3.63) is 71.8 Å². The first-order valence-corrected chi connectivity index (χ1v) is 10.8. The van der Waals surface area contributed by atoms with Crippen LogP contribution in [-0.4, -0.2) is 31.1 Å². The van der Waals surface area contributed by atoms with E-state index in [2.05, 4.69) is 24.6 Å². The molecule has 0 unspecified atom stereocenters. The van der Waals surface area contributed by atoms with E-state index < -0.39 is 6.04 Å². The molecular weight excluding hydrogens is 392 g/mol. The fourth-order valence-electron chi connectivity index (χ4n) is 4.27. The number of amides is 1. The lowest BCUT2D eigenvalue weighted by Crippen LogP contribution is -2.42. The van der Waals surface area contributed by atoms with Gasteiger partial charge in [-0.3, -0.25) is 14.4 Å². The molecule has 2 N–H and O–H groups in total. The van der Waals surface area contributed by atoms with Crippen molar-refractivity contribution >= 4 is 11.9 Å². The Labute approximate surface area is 184 Å². The summed E-state index contributed by atoms with van der Waals surface area (Å²) >= 11 is 0. The van der Waals surface area contributed by atoms with Crippen LogP contribution in [0.5, 0.6) is 0 Å². The standard InChI is InChI=1S/C25H32N2O4/c1-17(2)23-20(15-22(28)27-31-16-19-12-8-5-9-13-19)24(23)26-21(25(29)30-3)14-18-10-6-4-7-11-18/h4-13,17,20-21,23-24,26H,14-16H2,1-3H3,(H,27,28)/t20-,21-,23-,24+/m0/s1. The summed E-state index contributed by atoms with van der Waals surface area (Å²) in [4.78, 5) is 30.1. The number of nitrogens with one attached hydrogen (secondary N) is 2. The second kappa shape index (κ2) is 11.1. The van der Waals surface area contributed by atoms with Crippen LogP contribution < -0.4 is 10.8 Å². The third-order valence-corrected chi connectivity index (χ3v) is 5.85. The molecule has 166 valence electrons. The number of rotatable bonds is 11. The lowest BCUT2D eigenvalue weighted by Gasteiger charge is -2.17. The zero-order valence-electron chi connectivity index (χ0n) is 18.4. The average Bonchev–Trinajstić information content (AvgIpc) is 3.45. The molecule has 0 spiro atoms. The number of hydrogen-bond donors (Lipinski definition) is 2. The maximum absolute atomic E-state index is 12.4. The molecule has 1 aliphatic rings. The Morgan fingerprint density at radius 2 is 1.58 bits per heavy atom. The molecule has 6 nitrogen and oxygen atoms in total. The van der Waals surface area contributed by atoms with E-state index in [4.69, 9.17) is 9.57 Å². The monoisotopic (exact) mass is 424 g/mol. The first kappa shape index (κ1) is 23.0. The van der Waals surface area contributed by atoms with Gasteiger partial charge >= 0.3 is 5.97 Å². The Hall–Kier alpha value is -2.70. The van der Waals surface area contributed by atoms with Crippen molar-refractivity contribution in [2.24, 2.45) is 17.8 Å². The van der Waals surface area contributed by atoms with Crippen molar-refractivity contribution in [2.45, 2.75) is 45.4 Å². The van der Waals surface area contributed by atoms with Crippen molar-refractivity contribution < 1.29 is 19.2 Å². The van der Waals surface area contributed by atoms with Crippen molar-refractivity contribution in [3.63, 3.8) is 0 Å². The van der Waals surface area contributed by atoms with E-state index in [1.54, 1.807) is 0 Å². The number of hydrogen-bond acceptors (Lipinski definition) is 5. The van der Waals surface area contributed by atoms with Crippen LogP contribution >= 0.6 is 0 Å². The molecule has 4 atom stereocenters. The van der Waals surface area contributed by atoms with E-state index in [-0.39, 0.29) is 23.8 Å². The summed E-state index contributed by atoms with van der Waals surface area (Å²) in [5.41, 5.74) is 4.61. The predicted octanol–water partition coefficient (Wildman–Crippen LogP) is 3.27. The van der Waals surface area contributed by atoms with Crippen molar-refractivity contribution in [2.75, 3.05) is 7.11 Å². The highest BCUT2D eigenvalue weighted by Gasteiger charge is 2.53. The average molecular weight is 425 g/mol. The molecule has 0 bridgehead atoms. The SMILES string of the molecule is COC(=O)[C@H](Cc1ccccc1)N[C@@H]1[C@@H](CC(=O)NOCc2ccccc2)[C@@H]1C(C)C. The maximum Gasteiger partial charge on any atom is 0.323 e. The fourth-order valence-corrected chi connectivity index (χ4v) is 4.27. The first-order valence-electron chi connectivity index (χ1n) is 10.8. The van der Waals surface area contributed by atoms with Crippen LogP contribution in [0.15, 0.2) is 60.7 Å². The summed E-state index contributed by atoms with van der Waals surface area (Å²) in [7, 11) is 1.41. The molecule has 1 fully saturated rings. The molecule has 3 rings (SSSR count). The van der Waals surface area contributed by atoms with Crippen LogP contribution in [0.2, 0.25) is 0 Å². The summed E-state index contributed by atoms with van der Waals surface area (Å²) < 4.78 is 5.02. The third kappa shape index (κ3) is 6.64. The summed E-state index contributed by atoms with van der Waals surface area (Å²) in [5, 5.41) is 3.46. The largest absolute Gasteiger partial charge is 0.468 e. The Balaban J connectivity index is 1.54. The van der Waals surface area contributed by atoms with Crippen LogP contribution in [0.4, 0.5) is 0 Å². The van der Waals surface area contributed by atoms with Crippen LogP contribution in [0.1, 0.15) is 31.4 Å². The number of benzene rings is 2.